The van der Waals surface area contributed by atoms with Crippen LogP contribution in [0.15, 0.2) is 49.1 Å². The van der Waals surface area contributed by atoms with Crippen molar-refractivity contribution in [1.29, 1.82) is 0 Å². The minimum atomic E-state index is 0.290. The van der Waals surface area contributed by atoms with Crippen LogP contribution in [-0.2, 0) is 13.6 Å². The molecule has 1 atom stereocenters. The van der Waals surface area contributed by atoms with Gasteiger partial charge in [0.15, 0.2) is 0 Å². The topological polar surface area (TPSA) is 47.7 Å². The molecule has 2 heterocycles. The fourth-order valence-corrected chi connectivity index (χ4v) is 2.53. The molecule has 0 aliphatic heterocycles. The monoisotopic (exact) mass is 295 g/mol. The van der Waals surface area contributed by atoms with Crippen molar-refractivity contribution in [2.45, 2.75) is 26.4 Å². The first-order chi connectivity index (χ1) is 10.6. The first-order valence-corrected chi connectivity index (χ1v) is 7.44. The number of nitrogens with zero attached hydrogens (tertiary/aromatic N) is 4. The Morgan fingerprint density at radius 3 is 2.59 bits per heavy atom. The molecular formula is C17H21N5. The van der Waals surface area contributed by atoms with Crippen molar-refractivity contribution < 1.29 is 0 Å². The highest BCUT2D eigenvalue weighted by atomic mass is 15.2. The van der Waals surface area contributed by atoms with Crippen LogP contribution < -0.4 is 5.32 Å². The number of imidazole rings is 1. The van der Waals surface area contributed by atoms with Crippen LogP contribution in [0.5, 0.6) is 0 Å². The summed E-state index contributed by atoms with van der Waals surface area (Å²) in [7, 11) is 1.93. The molecule has 1 N–H and O–H groups in total. The van der Waals surface area contributed by atoms with Gasteiger partial charge in [-0.1, -0.05) is 12.1 Å². The van der Waals surface area contributed by atoms with Gasteiger partial charge in [-0.05, 0) is 31.5 Å². The zero-order valence-corrected chi connectivity index (χ0v) is 13.2. The molecule has 0 radical (unpaired) electrons. The third-order valence-electron chi connectivity index (χ3n) is 3.87. The predicted molar refractivity (Wildman–Crippen MR) is 86.8 cm³/mol. The van der Waals surface area contributed by atoms with Gasteiger partial charge in [0.25, 0.3) is 0 Å². The van der Waals surface area contributed by atoms with Crippen molar-refractivity contribution >= 4 is 0 Å². The van der Waals surface area contributed by atoms with E-state index in [0.717, 1.165) is 18.1 Å². The maximum absolute atomic E-state index is 4.26. The van der Waals surface area contributed by atoms with E-state index in [1.165, 1.54) is 11.1 Å². The molecule has 0 saturated heterocycles. The van der Waals surface area contributed by atoms with Gasteiger partial charge in [0.1, 0.15) is 5.82 Å². The third kappa shape index (κ3) is 3.09. The Morgan fingerprint density at radius 1 is 1.23 bits per heavy atom. The van der Waals surface area contributed by atoms with E-state index in [1.54, 1.807) is 0 Å². The van der Waals surface area contributed by atoms with Crippen LogP contribution in [-0.4, -0.2) is 19.3 Å². The Hall–Kier alpha value is -2.40. The van der Waals surface area contributed by atoms with E-state index < -0.39 is 0 Å². The van der Waals surface area contributed by atoms with Gasteiger partial charge in [0.05, 0.1) is 6.20 Å². The van der Waals surface area contributed by atoms with Gasteiger partial charge in [-0.15, -0.1) is 0 Å². The molecular weight excluding hydrogens is 274 g/mol. The molecule has 0 aliphatic carbocycles. The molecule has 2 aromatic heterocycles. The van der Waals surface area contributed by atoms with Crippen LogP contribution in [0.3, 0.4) is 0 Å². The summed E-state index contributed by atoms with van der Waals surface area (Å²) >= 11 is 0. The highest BCUT2D eigenvalue weighted by Crippen LogP contribution is 2.17. The molecule has 22 heavy (non-hydrogen) atoms. The van der Waals surface area contributed by atoms with Crippen molar-refractivity contribution in [2.75, 3.05) is 0 Å². The summed E-state index contributed by atoms with van der Waals surface area (Å²) in [4.78, 5) is 4.26. The van der Waals surface area contributed by atoms with E-state index >= 15 is 0 Å². The Labute approximate surface area is 130 Å². The van der Waals surface area contributed by atoms with Crippen LogP contribution in [0.25, 0.3) is 5.69 Å². The van der Waals surface area contributed by atoms with Crippen LogP contribution >= 0.6 is 0 Å². The molecule has 5 nitrogen and oxygen atoms in total. The minimum Gasteiger partial charge on any atom is -0.306 e. The van der Waals surface area contributed by atoms with Gasteiger partial charge in [-0.3, -0.25) is 4.68 Å². The lowest BCUT2D eigenvalue weighted by molar-refractivity contribution is 0.574. The summed E-state index contributed by atoms with van der Waals surface area (Å²) in [5, 5.41) is 7.71. The van der Waals surface area contributed by atoms with Crippen molar-refractivity contribution in [3.8, 4) is 5.69 Å². The SMILES string of the molecule is Cc1nccn1-c1ccc([C@@H](C)NCc2cnn(C)c2)cc1. The molecule has 1 aromatic carbocycles. The molecule has 3 aromatic rings. The highest BCUT2D eigenvalue weighted by Gasteiger charge is 2.07. The number of aryl methyl sites for hydroxylation is 2. The minimum absolute atomic E-state index is 0.290. The lowest BCUT2D eigenvalue weighted by atomic mass is 10.1. The van der Waals surface area contributed by atoms with E-state index in [9.17, 15) is 0 Å². The van der Waals surface area contributed by atoms with Gasteiger partial charge < -0.3 is 9.88 Å². The van der Waals surface area contributed by atoms with Gasteiger partial charge in [-0.2, -0.15) is 5.10 Å². The van der Waals surface area contributed by atoms with Crippen molar-refractivity contribution in [1.82, 2.24) is 24.6 Å². The molecule has 0 fully saturated rings. The van der Waals surface area contributed by atoms with Crippen LogP contribution in [0.2, 0.25) is 0 Å². The Kier molecular flexibility index (Phi) is 4.06. The number of benzene rings is 1. The zero-order valence-electron chi connectivity index (χ0n) is 13.2. The number of rotatable bonds is 5. The average Bonchev–Trinajstić information content (AvgIpc) is 3.13. The molecule has 114 valence electrons. The lowest BCUT2D eigenvalue weighted by Crippen LogP contribution is -2.17. The average molecular weight is 295 g/mol. The summed E-state index contributed by atoms with van der Waals surface area (Å²) in [6.07, 6.45) is 7.73. The van der Waals surface area contributed by atoms with Crippen molar-refractivity contribution in [3.63, 3.8) is 0 Å². The number of nitrogens with one attached hydrogen (secondary N) is 1. The molecule has 5 heteroatoms. The van der Waals surface area contributed by atoms with Crippen molar-refractivity contribution in [3.05, 3.63) is 66.0 Å². The smallest absolute Gasteiger partial charge is 0.110 e. The fraction of sp³-hybridized carbons (Fsp3) is 0.294. The second kappa shape index (κ2) is 6.15. The second-order valence-electron chi connectivity index (χ2n) is 5.56. The van der Waals surface area contributed by atoms with Gasteiger partial charge in [0, 0.05) is 49.5 Å². The fourth-order valence-electron chi connectivity index (χ4n) is 2.53. The molecule has 0 bridgehead atoms. The number of hydrogen-bond donors (Lipinski definition) is 1. The summed E-state index contributed by atoms with van der Waals surface area (Å²) in [5.74, 6) is 0.996. The summed E-state index contributed by atoms with van der Waals surface area (Å²) in [6, 6.07) is 8.88. The van der Waals surface area contributed by atoms with E-state index in [-0.39, 0.29) is 6.04 Å². The van der Waals surface area contributed by atoms with E-state index in [1.807, 2.05) is 43.4 Å². The Bertz CT molecular complexity index is 739. The molecule has 0 spiro atoms. The van der Waals surface area contributed by atoms with E-state index in [2.05, 4.69) is 51.2 Å². The molecule has 3 rings (SSSR count). The maximum atomic E-state index is 4.26. The molecule has 0 saturated carbocycles. The number of hydrogen-bond acceptors (Lipinski definition) is 3. The van der Waals surface area contributed by atoms with Gasteiger partial charge >= 0.3 is 0 Å². The summed E-state index contributed by atoms with van der Waals surface area (Å²) in [6.45, 7) is 5.00. The predicted octanol–water partition coefficient (Wildman–Crippen LogP) is 2.77. The molecule has 0 amide bonds. The van der Waals surface area contributed by atoms with Crippen LogP contribution in [0, 0.1) is 6.92 Å². The molecule has 0 unspecified atom stereocenters. The first kappa shape index (κ1) is 14.5. The van der Waals surface area contributed by atoms with Gasteiger partial charge in [-0.25, -0.2) is 4.98 Å². The van der Waals surface area contributed by atoms with Gasteiger partial charge in [0.2, 0.25) is 0 Å². The second-order valence-corrected chi connectivity index (χ2v) is 5.56. The van der Waals surface area contributed by atoms with E-state index in [4.69, 9.17) is 0 Å². The molecule has 0 aliphatic rings. The first-order valence-electron chi connectivity index (χ1n) is 7.44. The summed E-state index contributed by atoms with van der Waals surface area (Å²) in [5.41, 5.74) is 3.60. The van der Waals surface area contributed by atoms with E-state index in [0.29, 0.717) is 0 Å². The standard InChI is InChI=1S/C17H21N5/c1-13(19-10-15-11-20-21(3)12-15)16-4-6-17(7-5-16)22-9-8-18-14(22)2/h4-9,11-13,19H,10H2,1-3H3/t13-/m1/s1. The summed E-state index contributed by atoms with van der Waals surface area (Å²) < 4.78 is 3.90. The maximum Gasteiger partial charge on any atom is 0.110 e. The normalized spacial score (nSPS) is 12.5. The number of aromatic nitrogens is 4. The van der Waals surface area contributed by atoms with Crippen LogP contribution in [0.1, 0.15) is 29.9 Å². The third-order valence-corrected chi connectivity index (χ3v) is 3.87. The lowest BCUT2D eigenvalue weighted by Gasteiger charge is -2.14. The van der Waals surface area contributed by atoms with Crippen LogP contribution in [0.4, 0.5) is 0 Å². The quantitative estimate of drug-likeness (QED) is 0.787. The Balaban J connectivity index is 1.66. The van der Waals surface area contributed by atoms with Crippen molar-refractivity contribution in [2.24, 2.45) is 7.05 Å². The highest BCUT2D eigenvalue weighted by molar-refractivity contribution is 5.36. The zero-order chi connectivity index (χ0) is 15.5. The largest absolute Gasteiger partial charge is 0.306 e. The Morgan fingerprint density at radius 2 is 2.00 bits per heavy atom.